The van der Waals surface area contributed by atoms with Gasteiger partial charge in [-0.2, -0.15) is 0 Å². The fraction of sp³-hybridized carbons (Fsp3) is 0.714. The van der Waals surface area contributed by atoms with Crippen molar-refractivity contribution in [1.29, 1.82) is 0 Å². The van der Waals surface area contributed by atoms with Crippen LogP contribution in [0.15, 0.2) is 0 Å². The zero-order valence-electron chi connectivity index (χ0n) is 11.8. The lowest BCUT2D eigenvalue weighted by atomic mass is 10.0. The third-order valence-electron chi connectivity index (χ3n) is 3.27. The Morgan fingerprint density at radius 2 is 2.15 bits per heavy atom. The van der Waals surface area contributed by atoms with Crippen molar-refractivity contribution in [3.8, 4) is 0 Å². The summed E-state index contributed by atoms with van der Waals surface area (Å²) in [6, 6.07) is 0. The van der Waals surface area contributed by atoms with Gasteiger partial charge in [-0.1, -0.05) is 13.3 Å². The van der Waals surface area contributed by atoms with Gasteiger partial charge in [0.25, 0.3) is 6.43 Å². The first-order valence-electron chi connectivity index (χ1n) is 7.14. The number of fused-ring (bicyclic) bond motifs is 1. The van der Waals surface area contributed by atoms with Crippen LogP contribution in [0.1, 0.15) is 36.1 Å². The molecule has 20 heavy (non-hydrogen) atoms. The summed E-state index contributed by atoms with van der Waals surface area (Å²) in [6.45, 7) is 3.60. The van der Waals surface area contributed by atoms with E-state index >= 15 is 0 Å². The van der Waals surface area contributed by atoms with Crippen LogP contribution in [-0.2, 0) is 30.5 Å². The number of ether oxygens (including phenoxy) is 1. The summed E-state index contributed by atoms with van der Waals surface area (Å²) in [4.78, 5) is 9.13. The maximum atomic E-state index is 12.0. The third kappa shape index (κ3) is 4.18. The number of aryl methyl sites for hydroxylation is 1. The Balaban J connectivity index is 2.03. The molecular weight excluding hydrogens is 264 g/mol. The average Bonchev–Trinajstić information content (AvgIpc) is 2.44. The van der Waals surface area contributed by atoms with E-state index in [1.165, 1.54) is 5.56 Å². The van der Waals surface area contributed by atoms with E-state index in [0.29, 0.717) is 12.2 Å². The van der Waals surface area contributed by atoms with E-state index in [9.17, 15) is 8.78 Å². The van der Waals surface area contributed by atoms with Gasteiger partial charge in [-0.15, -0.1) is 0 Å². The first-order chi connectivity index (χ1) is 9.70. The normalized spacial score (nSPS) is 14.6. The van der Waals surface area contributed by atoms with Gasteiger partial charge in [0.05, 0.1) is 12.3 Å². The number of halogens is 2. The van der Waals surface area contributed by atoms with E-state index in [1.54, 1.807) is 0 Å². The quantitative estimate of drug-likeness (QED) is 0.777. The van der Waals surface area contributed by atoms with Gasteiger partial charge in [0.15, 0.2) is 0 Å². The summed E-state index contributed by atoms with van der Waals surface area (Å²) in [6.07, 6.45) is 0.937. The summed E-state index contributed by atoms with van der Waals surface area (Å²) in [7, 11) is 0. The molecule has 112 valence electrons. The van der Waals surface area contributed by atoms with Crippen molar-refractivity contribution >= 4 is 0 Å². The van der Waals surface area contributed by atoms with E-state index in [-0.39, 0.29) is 6.61 Å². The van der Waals surface area contributed by atoms with Crippen LogP contribution >= 0.6 is 0 Å². The van der Waals surface area contributed by atoms with E-state index in [0.717, 1.165) is 43.7 Å². The molecule has 1 N–H and O–H groups in total. The zero-order valence-corrected chi connectivity index (χ0v) is 11.8. The number of rotatable bonds is 7. The number of nitrogens with zero attached hydrogens (tertiary/aromatic N) is 2. The SMILES string of the molecule is CCCc1nc(CCOCC(F)F)nc2c1CNCC2. The predicted molar refractivity (Wildman–Crippen MR) is 72.0 cm³/mol. The average molecular weight is 285 g/mol. The van der Waals surface area contributed by atoms with Gasteiger partial charge in [-0.25, -0.2) is 18.7 Å². The molecule has 0 spiro atoms. The van der Waals surface area contributed by atoms with Crippen molar-refractivity contribution in [2.45, 2.75) is 45.6 Å². The van der Waals surface area contributed by atoms with Crippen LogP contribution in [0.2, 0.25) is 0 Å². The highest BCUT2D eigenvalue weighted by Crippen LogP contribution is 2.17. The summed E-state index contributed by atoms with van der Waals surface area (Å²) in [5.74, 6) is 0.711. The van der Waals surface area contributed by atoms with E-state index in [1.807, 2.05) is 0 Å². The molecule has 1 aliphatic heterocycles. The van der Waals surface area contributed by atoms with Crippen LogP contribution < -0.4 is 5.32 Å². The fourth-order valence-corrected chi connectivity index (χ4v) is 2.36. The molecule has 0 amide bonds. The highest BCUT2D eigenvalue weighted by atomic mass is 19.3. The molecule has 0 radical (unpaired) electrons. The highest BCUT2D eigenvalue weighted by Gasteiger charge is 2.16. The molecule has 0 aliphatic carbocycles. The molecule has 0 bridgehead atoms. The fourth-order valence-electron chi connectivity index (χ4n) is 2.36. The molecule has 1 aromatic heterocycles. The first kappa shape index (κ1) is 15.3. The number of nitrogens with one attached hydrogen (secondary N) is 1. The van der Waals surface area contributed by atoms with E-state index in [2.05, 4.69) is 22.2 Å². The van der Waals surface area contributed by atoms with Gasteiger partial charge in [-0.05, 0) is 6.42 Å². The van der Waals surface area contributed by atoms with Gasteiger partial charge in [0.2, 0.25) is 0 Å². The Morgan fingerprint density at radius 3 is 2.90 bits per heavy atom. The van der Waals surface area contributed by atoms with Crippen LogP contribution in [0.5, 0.6) is 0 Å². The second kappa shape index (κ2) is 7.59. The van der Waals surface area contributed by atoms with Crippen molar-refractivity contribution in [1.82, 2.24) is 15.3 Å². The minimum absolute atomic E-state index is 0.243. The minimum atomic E-state index is -2.42. The summed E-state index contributed by atoms with van der Waals surface area (Å²) in [5.41, 5.74) is 3.41. The van der Waals surface area contributed by atoms with Crippen molar-refractivity contribution in [3.63, 3.8) is 0 Å². The molecule has 4 nitrogen and oxygen atoms in total. The Kier molecular flexibility index (Phi) is 5.79. The lowest BCUT2D eigenvalue weighted by molar-refractivity contribution is 0.0182. The first-order valence-corrected chi connectivity index (χ1v) is 7.14. The molecule has 0 saturated carbocycles. The lowest BCUT2D eigenvalue weighted by Crippen LogP contribution is -2.27. The number of hydrogen-bond acceptors (Lipinski definition) is 4. The topological polar surface area (TPSA) is 47.0 Å². The Hall–Kier alpha value is -1.14. The lowest BCUT2D eigenvalue weighted by Gasteiger charge is -2.20. The van der Waals surface area contributed by atoms with Gasteiger partial charge >= 0.3 is 0 Å². The smallest absolute Gasteiger partial charge is 0.261 e. The number of hydrogen-bond donors (Lipinski definition) is 1. The number of aromatic nitrogens is 2. The molecule has 0 atom stereocenters. The monoisotopic (exact) mass is 285 g/mol. The van der Waals surface area contributed by atoms with Crippen molar-refractivity contribution in [3.05, 3.63) is 22.8 Å². The third-order valence-corrected chi connectivity index (χ3v) is 3.27. The summed E-state index contributed by atoms with van der Waals surface area (Å²) < 4.78 is 28.9. The molecule has 0 unspecified atom stereocenters. The van der Waals surface area contributed by atoms with Crippen molar-refractivity contribution in [2.75, 3.05) is 19.8 Å². The predicted octanol–water partition coefficient (Wildman–Crippen LogP) is 1.90. The second-order valence-corrected chi connectivity index (χ2v) is 4.90. The van der Waals surface area contributed by atoms with Gasteiger partial charge in [0.1, 0.15) is 12.4 Å². The molecule has 1 aromatic rings. The Morgan fingerprint density at radius 1 is 1.30 bits per heavy atom. The maximum absolute atomic E-state index is 12.0. The van der Waals surface area contributed by atoms with Crippen LogP contribution in [0, 0.1) is 0 Å². The zero-order chi connectivity index (χ0) is 14.4. The molecular formula is C14H21F2N3O. The number of alkyl halides is 2. The molecule has 2 rings (SSSR count). The van der Waals surface area contributed by atoms with Crippen LogP contribution in [0.25, 0.3) is 0 Å². The van der Waals surface area contributed by atoms with Gasteiger partial charge < -0.3 is 10.1 Å². The molecule has 0 fully saturated rings. The molecule has 0 saturated heterocycles. The highest BCUT2D eigenvalue weighted by molar-refractivity contribution is 5.28. The minimum Gasteiger partial charge on any atom is -0.375 e. The van der Waals surface area contributed by atoms with Crippen LogP contribution in [0.3, 0.4) is 0 Å². The van der Waals surface area contributed by atoms with Crippen molar-refractivity contribution in [2.24, 2.45) is 0 Å². The largest absolute Gasteiger partial charge is 0.375 e. The standard InChI is InChI=1S/C14H21F2N3O/c1-2-3-11-10-8-17-6-4-12(10)19-14(18-11)5-7-20-9-13(15)16/h13,17H,2-9H2,1H3. The Bertz CT molecular complexity index is 441. The second-order valence-electron chi connectivity index (χ2n) is 4.90. The van der Waals surface area contributed by atoms with E-state index in [4.69, 9.17) is 4.74 Å². The maximum Gasteiger partial charge on any atom is 0.261 e. The molecule has 2 heterocycles. The van der Waals surface area contributed by atoms with Crippen molar-refractivity contribution < 1.29 is 13.5 Å². The Labute approximate surface area is 118 Å². The molecule has 0 aromatic carbocycles. The van der Waals surface area contributed by atoms with E-state index < -0.39 is 13.0 Å². The summed E-state index contributed by atoms with van der Waals surface area (Å²) >= 11 is 0. The van der Waals surface area contributed by atoms with Crippen LogP contribution in [-0.4, -0.2) is 36.2 Å². The molecule has 6 heteroatoms. The van der Waals surface area contributed by atoms with Crippen LogP contribution in [0.4, 0.5) is 8.78 Å². The molecule has 1 aliphatic rings. The van der Waals surface area contributed by atoms with Gasteiger partial charge in [0, 0.05) is 37.2 Å². The van der Waals surface area contributed by atoms with Gasteiger partial charge in [-0.3, -0.25) is 0 Å². The summed E-state index contributed by atoms with van der Waals surface area (Å²) in [5, 5.41) is 3.34.